The number of likely N-dealkylation sites (N-methyl/N-ethyl adjacent to an activating group) is 2. The first-order chi connectivity index (χ1) is 45.4. The van der Waals surface area contributed by atoms with Crippen LogP contribution < -0.4 is 27.0 Å². The SMILES string of the molecule is CC[C@H](C)C([C@@H](CC(=O)N1CCCC1C(OC)[C@@H](C)C(=O)NC(C)[C@@H](O)c1ccccc1)OC)N(C)C(=O)[C@@H](CC(=O)C(C(C)C)N(C)C(=O)OCc1ccc(NC(=O)C(CCCNC(N)=O)CC(=O)[C@@H](NC(=O)CCCCCN2C(=O)CC(SC)C2=O)C(C)C)cc1)C(C)C. The second-order valence-electron chi connectivity index (χ2n) is 27.0. The Kier molecular flexibility index (Phi) is 34.0. The molecule has 7 unspecified atom stereocenters. The number of ether oxygens (including phenoxy) is 3. The number of benzene rings is 2. The van der Waals surface area contributed by atoms with Crippen LogP contribution >= 0.6 is 11.8 Å². The van der Waals surface area contributed by atoms with Crippen LogP contribution in [0.25, 0.3) is 0 Å². The molecule has 4 rings (SSSR count). The lowest BCUT2D eigenvalue weighted by Gasteiger charge is -2.41. The summed E-state index contributed by atoms with van der Waals surface area (Å²) in [7, 11) is 6.20. The van der Waals surface area contributed by atoms with Crippen LogP contribution in [-0.2, 0) is 64.0 Å². The number of imide groups is 1. The minimum atomic E-state index is -0.970. The lowest BCUT2D eigenvalue weighted by molar-refractivity contribution is -0.149. The number of nitrogens with zero attached hydrogens (tertiary/aromatic N) is 4. The highest BCUT2D eigenvalue weighted by Crippen LogP contribution is 2.33. The van der Waals surface area contributed by atoms with Crippen molar-refractivity contribution in [2.75, 3.05) is 59.5 Å². The molecule has 10 amide bonds. The van der Waals surface area contributed by atoms with E-state index in [9.17, 15) is 57.8 Å². The summed E-state index contributed by atoms with van der Waals surface area (Å²) in [6.07, 6.45) is 2.60. The number of nitrogens with one attached hydrogen (secondary N) is 4. The number of hydrogen-bond acceptors (Lipinski definition) is 16. The van der Waals surface area contributed by atoms with Crippen LogP contribution in [0.15, 0.2) is 54.6 Å². The van der Waals surface area contributed by atoms with E-state index in [1.807, 2.05) is 59.7 Å². The van der Waals surface area contributed by atoms with Gasteiger partial charge in [0.1, 0.15) is 6.61 Å². The van der Waals surface area contributed by atoms with Crippen LogP contribution in [-0.4, -0.2) is 192 Å². The number of aliphatic hydroxyl groups is 1. The van der Waals surface area contributed by atoms with Gasteiger partial charge in [0.2, 0.25) is 41.4 Å². The van der Waals surface area contributed by atoms with Gasteiger partial charge in [-0.25, -0.2) is 9.59 Å². The molecule has 13 atom stereocenters. The molecule has 24 nitrogen and oxygen atoms in total. The monoisotopic (exact) mass is 1360 g/mol. The maximum absolute atomic E-state index is 14.9. The Morgan fingerprint density at radius 3 is 2.01 bits per heavy atom. The molecule has 536 valence electrons. The highest BCUT2D eigenvalue weighted by Gasteiger charge is 2.45. The van der Waals surface area contributed by atoms with E-state index in [2.05, 4.69) is 21.3 Å². The number of amides is 10. The number of anilines is 1. The summed E-state index contributed by atoms with van der Waals surface area (Å²) in [6.45, 7) is 19.1. The molecule has 0 bridgehead atoms. The third-order valence-corrected chi connectivity index (χ3v) is 19.9. The van der Waals surface area contributed by atoms with Gasteiger partial charge < -0.3 is 61.0 Å². The van der Waals surface area contributed by atoms with Crippen molar-refractivity contribution in [3.63, 3.8) is 0 Å². The quantitative estimate of drug-likeness (QED) is 0.0273. The molecule has 0 aromatic heterocycles. The van der Waals surface area contributed by atoms with E-state index in [4.69, 9.17) is 19.9 Å². The largest absolute Gasteiger partial charge is 0.445 e. The average Bonchev–Trinajstić information content (AvgIpc) is 1.42. The number of carbonyl (C=O) groups is 11. The molecule has 2 aliphatic heterocycles. The number of thioether (sulfide) groups is 1. The summed E-state index contributed by atoms with van der Waals surface area (Å²) in [5.74, 6) is -6.19. The van der Waals surface area contributed by atoms with Crippen LogP contribution in [0.4, 0.5) is 15.3 Å². The summed E-state index contributed by atoms with van der Waals surface area (Å²) in [6, 6.07) is 11.4. The predicted molar refractivity (Wildman–Crippen MR) is 369 cm³/mol. The fraction of sp³-hybridized carbons (Fsp3) is 0.676. The predicted octanol–water partition coefficient (Wildman–Crippen LogP) is 7.82. The molecule has 25 heteroatoms. The van der Waals surface area contributed by atoms with Crippen molar-refractivity contribution in [2.24, 2.45) is 47.2 Å². The lowest BCUT2D eigenvalue weighted by atomic mass is 9.83. The maximum atomic E-state index is 14.9. The Morgan fingerprint density at radius 2 is 1.44 bits per heavy atom. The van der Waals surface area contributed by atoms with Gasteiger partial charge in [-0.05, 0) is 98.6 Å². The van der Waals surface area contributed by atoms with E-state index < -0.39 is 84.3 Å². The summed E-state index contributed by atoms with van der Waals surface area (Å²) in [4.78, 5) is 155. The van der Waals surface area contributed by atoms with Gasteiger partial charge in [0.25, 0.3) is 0 Å². The van der Waals surface area contributed by atoms with Gasteiger partial charge in [0, 0.05) is 91.2 Å². The number of hydrogen-bond donors (Lipinski definition) is 6. The second kappa shape index (κ2) is 40.1. The first-order valence-electron chi connectivity index (χ1n) is 34.1. The van der Waals surface area contributed by atoms with Crippen LogP contribution in [0.5, 0.6) is 0 Å². The Balaban J connectivity index is 1.37. The molecule has 0 spiro atoms. The van der Waals surface area contributed by atoms with Crippen molar-refractivity contribution >= 4 is 82.5 Å². The normalized spacial score (nSPS) is 18.3. The Morgan fingerprint density at radius 1 is 0.771 bits per heavy atom. The Hall–Kier alpha value is -6.96. The number of Topliss-reactive ketones (excluding diaryl/α,β-unsaturated/α-hetero) is 2. The number of primary amides is 1. The van der Waals surface area contributed by atoms with Gasteiger partial charge in [-0.1, -0.05) is 118 Å². The number of unbranched alkanes of at least 4 members (excludes halogenated alkanes) is 2. The van der Waals surface area contributed by atoms with Crippen LogP contribution in [0.2, 0.25) is 0 Å². The number of aliphatic hydroxyl groups excluding tert-OH is 1. The average molecular weight is 1360 g/mol. The first-order valence-corrected chi connectivity index (χ1v) is 35.4. The van der Waals surface area contributed by atoms with Crippen molar-refractivity contribution < 1.29 is 72.1 Å². The molecule has 0 aliphatic carbocycles. The van der Waals surface area contributed by atoms with Gasteiger partial charge in [0.15, 0.2) is 11.6 Å². The highest BCUT2D eigenvalue weighted by atomic mass is 32.2. The van der Waals surface area contributed by atoms with Crippen molar-refractivity contribution in [1.29, 1.82) is 0 Å². The summed E-state index contributed by atoms with van der Waals surface area (Å²) in [5.41, 5.74) is 6.89. The van der Waals surface area contributed by atoms with Crippen molar-refractivity contribution in [3.05, 3.63) is 65.7 Å². The number of carbonyl (C=O) groups excluding carboxylic acids is 11. The number of likely N-dealkylation sites (tertiary alicyclic amines) is 2. The minimum absolute atomic E-state index is 0.0694. The summed E-state index contributed by atoms with van der Waals surface area (Å²) >= 11 is 1.35. The lowest BCUT2D eigenvalue weighted by Crippen LogP contribution is -2.55. The summed E-state index contributed by atoms with van der Waals surface area (Å²) in [5, 5.41) is 21.8. The van der Waals surface area contributed by atoms with Gasteiger partial charge in [-0.2, -0.15) is 11.8 Å². The first kappa shape index (κ1) is 81.5. The molecular weight excluding hydrogens is 1250 g/mol. The standard InChI is InChI=1S/C71H111N9O15S/c1-16-45(8)63(56(93-13)39-59(84)79-36-24-28-53(79)65(94-14)46(9)66(87)74-47(10)64(86)49-25-19-17-20-26-49)77(11)68(89)52(42(2)3)38-55(82)62(44(6)7)78(12)71(92)95-41-48-30-32-51(33-31-48)75-67(88)50(27-23-34-73-70(72)91)37-54(81)61(43(4)5)76-58(83)29-21-18-22-35-80-60(85)40-57(96-15)69(80)90/h17,19-20,25-26,30-33,42-47,50,52-53,56-57,61-65,86H,16,18,21-24,27-29,34-41H2,1-15H3,(H,74,87)(H,75,88)(H,76,83)(H3,72,73,91)/t45-,46+,47?,50?,52-,53?,56+,57?,61-,62?,63?,64+,65?/m0/s1. The number of urea groups is 1. The highest BCUT2D eigenvalue weighted by molar-refractivity contribution is 8.00. The maximum Gasteiger partial charge on any atom is 0.410 e. The van der Waals surface area contributed by atoms with Crippen molar-refractivity contribution in [3.8, 4) is 0 Å². The second-order valence-corrected chi connectivity index (χ2v) is 28.1. The molecule has 7 N–H and O–H groups in total. The third kappa shape index (κ3) is 23.7. The van der Waals surface area contributed by atoms with Crippen LogP contribution in [0, 0.1) is 41.4 Å². The fourth-order valence-electron chi connectivity index (χ4n) is 13.1. The molecule has 2 heterocycles. The van der Waals surface area contributed by atoms with E-state index in [1.54, 1.807) is 87.2 Å². The number of ketones is 2. The van der Waals surface area contributed by atoms with E-state index in [0.717, 1.165) is 0 Å². The molecule has 2 saturated heterocycles. The number of methoxy groups -OCH3 is 2. The van der Waals surface area contributed by atoms with E-state index in [-0.39, 0.29) is 128 Å². The topological polar surface area (TPSA) is 323 Å². The van der Waals surface area contributed by atoms with E-state index >= 15 is 0 Å². The minimum Gasteiger partial charge on any atom is -0.445 e. The van der Waals surface area contributed by atoms with Crippen molar-refractivity contribution in [2.45, 2.75) is 213 Å². The van der Waals surface area contributed by atoms with Crippen LogP contribution in [0.1, 0.15) is 170 Å². The Labute approximate surface area is 573 Å². The molecule has 0 radical (unpaired) electrons. The number of nitrogens with two attached hydrogens (primary N) is 1. The van der Waals surface area contributed by atoms with E-state index in [0.29, 0.717) is 74.8 Å². The molecular formula is C71H111N9O15S. The molecule has 2 aromatic rings. The van der Waals surface area contributed by atoms with E-state index in [1.165, 1.54) is 42.8 Å². The van der Waals surface area contributed by atoms with Gasteiger partial charge in [-0.15, -0.1) is 0 Å². The zero-order valence-corrected chi connectivity index (χ0v) is 60.2. The Bertz CT molecular complexity index is 2900. The van der Waals surface area contributed by atoms with Gasteiger partial charge in [-0.3, -0.25) is 48.1 Å². The fourth-order valence-corrected chi connectivity index (χ4v) is 13.8. The molecule has 96 heavy (non-hydrogen) atoms. The molecule has 2 aromatic carbocycles. The molecule has 0 saturated carbocycles. The smallest absolute Gasteiger partial charge is 0.410 e. The van der Waals surface area contributed by atoms with Crippen LogP contribution in [0.3, 0.4) is 0 Å². The zero-order valence-electron chi connectivity index (χ0n) is 59.4. The third-order valence-electron chi connectivity index (χ3n) is 19.0. The number of rotatable bonds is 41. The molecule has 2 aliphatic rings. The van der Waals surface area contributed by atoms with Gasteiger partial charge >= 0.3 is 12.1 Å². The zero-order chi connectivity index (χ0) is 71.7. The van der Waals surface area contributed by atoms with Gasteiger partial charge in [0.05, 0.1) is 66.1 Å². The summed E-state index contributed by atoms with van der Waals surface area (Å²) < 4.78 is 17.8. The van der Waals surface area contributed by atoms with Crippen molar-refractivity contribution in [1.82, 2.24) is 35.6 Å². The molecule has 2 fully saturated rings.